The summed E-state index contributed by atoms with van der Waals surface area (Å²) >= 11 is 0. The fourth-order valence-corrected chi connectivity index (χ4v) is 2.72. The molecule has 0 amide bonds. The molecule has 1 saturated heterocycles. The zero-order valence-electron chi connectivity index (χ0n) is 13.3. The van der Waals surface area contributed by atoms with Crippen molar-refractivity contribution in [3.63, 3.8) is 0 Å². The maximum absolute atomic E-state index is 5.26. The van der Waals surface area contributed by atoms with E-state index in [0.717, 1.165) is 24.6 Å². The minimum atomic E-state index is 0.329. The molecule has 0 N–H and O–H groups in total. The smallest absolute Gasteiger partial charge is 0.324 e. The van der Waals surface area contributed by atoms with E-state index in [2.05, 4.69) is 37.4 Å². The van der Waals surface area contributed by atoms with Gasteiger partial charge in [0.05, 0.1) is 11.7 Å². The SMILES string of the molecule is COCc1noc(N(C)C2CN(c3ccc(C4CC4)nn3)C2)n1. The van der Waals surface area contributed by atoms with Crippen molar-refractivity contribution in [2.75, 3.05) is 37.0 Å². The van der Waals surface area contributed by atoms with Crippen LogP contribution in [0, 0.1) is 0 Å². The average Bonchev–Trinajstić information content (AvgIpc) is 3.26. The van der Waals surface area contributed by atoms with Gasteiger partial charge in [-0.1, -0.05) is 5.16 Å². The molecule has 0 radical (unpaired) electrons. The minimum Gasteiger partial charge on any atom is -0.377 e. The lowest BCUT2D eigenvalue weighted by Crippen LogP contribution is -2.59. The topological polar surface area (TPSA) is 80.4 Å². The molecule has 0 atom stereocenters. The summed E-state index contributed by atoms with van der Waals surface area (Å²) < 4.78 is 10.3. The van der Waals surface area contributed by atoms with Crippen LogP contribution in [0.3, 0.4) is 0 Å². The van der Waals surface area contributed by atoms with E-state index in [-0.39, 0.29) is 0 Å². The van der Waals surface area contributed by atoms with Crippen molar-refractivity contribution in [3.8, 4) is 0 Å². The van der Waals surface area contributed by atoms with Gasteiger partial charge in [-0.2, -0.15) is 10.1 Å². The van der Waals surface area contributed by atoms with Crippen LogP contribution in [0.4, 0.5) is 11.8 Å². The van der Waals surface area contributed by atoms with Crippen LogP contribution in [0.25, 0.3) is 0 Å². The van der Waals surface area contributed by atoms with E-state index >= 15 is 0 Å². The molecule has 23 heavy (non-hydrogen) atoms. The summed E-state index contributed by atoms with van der Waals surface area (Å²) in [6.07, 6.45) is 2.50. The zero-order chi connectivity index (χ0) is 15.8. The quantitative estimate of drug-likeness (QED) is 0.786. The minimum absolute atomic E-state index is 0.329. The lowest BCUT2D eigenvalue weighted by Gasteiger charge is -2.43. The fraction of sp³-hybridized carbons (Fsp3) is 0.600. The van der Waals surface area contributed by atoms with Gasteiger partial charge in [-0.05, 0) is 25.0 Å². The highest BCUT2D eigenvalue weighted by Gasteiger charge is 2.34. The van der Waals surface area contributed by atoms with Crippen LogP contribution in [0.2, 0.25) is 0 Å². The van der Waals surface area contributed by atoms with Gasteiger partial charge in [-0.3, -0.25) is 0 Å². The Morgan fingerprint density at radius 3 is 2.78 bits per heavy atom. The molecule has 2 aromatic heterocycles. The summed E-state index contributed by atoms with van der Waals surface area (Å²) in [6, 6.07) is 5.03. The van der Waals surface area contributed by atoms with E-state index in [9.17, 15) is 0 Å². The lowest BCUT2D eigenvalue weighted by atomic mass is 10.1. The molecule has 2 fully saturated rings. The fourth-order valence-electron chi connectivity index (χ4n) is 2.72. The van der Waals surface area contributed by atoms with Crippen LogP contribution in [0.5, 0.6) is 0 Å². The highest BCUT2D eigenvalue weighted by Crippen LogP contribution is 2.38. The standard InChI is InChI=1S/C15H20N6O2/c1-20(15-16-13(9-22-2)19-23-15)11-7-21(8-11)14-6-5-12(17-18-14)10-3-4-10/h5-6,10-11H,3-4,7-9H2,1-2H3. The molecule has 1 saturated carbocycles. The summed E-state index contributed by atoms with van der Waals surface area (Å²) in [4.78, 5) is 8.53. The summed E-state index contributed by atoms with van der Waals surface area (Å²) in [5.41, 5.74) is 1.12. The second-order valence-corrected chi connectivity index (χ2v) is 6.19. The Balaban J connectivity index is 1.34. The van der Waals surface area contributed by atoms with E-state index in [4.69, 9.17) is 9.26 Å². The maximum atomic E-state index is 5.26. The molecule has 0 aromatic carbocycles. The molecule has 2 aliphatic rings. The largest absolute Gasteiger partial charge is 0.377 e. The van der Waals surface area contributed by atoms with Gasteiger partial charge in [0.25, 0.3) is 0 Å². The molecule has 1 aliphatic heterocycles. The Morgan fingerprint density at radius 2 is 2.13 bits per heavy atom. The van der Waals surface area contributed by atoms with Gasteiger partial charge in [0, 0.05) is 33.2 Å². The predicted octanol–water partition coefficient (Wildman–Crippen LogP) is 1.21. The van der Waals surface area contributed by atoms with Crippen LogP contribution < -0.4 is 9.80 Å². The van der Waals surface area contributed by atoms with Crippen LogP contribution in [-0.4, -0.2) is 53.6 Å². The number of methoxy groups -OCH3 is 1. The van der Waals surface area contributed by atoms with E-state index in [1.54, 1.807) is 7.11 Å². The van der Waals surface area contributed by atoms with Crippen molar-refractivity contribution in [1.29, 1.82) is 0 Å². The first-order valence-electron chi connectivity index (χ1n) is 7.87. The Bertz CT molecular complexity index is 663. The first-order chi connectivity index (χ1) is 11.2. The molecule has 8 heteroatoms. The van der Waals surface area contributed by atoms with Crippen LogP contribution >= 0.6 is 0 Å². The van der Waals surface area contributed by atoms with Crippen molar-refractivity contribution in [3.05, 3.63) is 23.7 Å². The van der Waals surface area contributed by atoms with Crippen LogP contribution in [0.15, 0.2) is 16.7 Å². The highest BCUT2D eigenvalue weighted by molar-refractivity contribution is 5.45. The summed E-state index contributed by atoms with van der Waals surface area (Å²) in [5.74, 6) is 2.14. The molecule has 122 valence electrons. The Hall–Kier alpha value is -2.22. The van der Waals surface area contributed by atoms with Crippen molar-refractivity contribution < 1.29 is 9.26 Å². The van der Waals surface area contributed by atoms with Crippen molar-refractivity contribution >= 4 is 11.8 Å². The number of likely N-dealkylation sites (N-methyl/N-ethyl adjacent to an activating group) is 1. The summed E-state index contributed by atoms with van der Waals surface area (Å²) in [6.45, 7) is 2.10. The third-order valence-corrected chi connectivity index (χ3v) is 4.43. The number of nitrogens with zero attached hydrogens (tertiary/aromatic N) is 6. The van der Waals surface area contributed by atoms with Crippen molar-refractivity contribution in [2.24, 2.45) is 0 Å². The Morgan fingerprint density at radius 1 is 1.30 bits per heavy atom. The predicted molar refractivity (Wildman–Crippen MR) is 83.4 cm³/mol. The van der Waals surface area contributed by atoms with Gasteiger partial charge < -0.3 is 19.1 Å². The maximum Gasteiger partial charge on any atom is 0.324 e. The van der Waals surface area contributed by atoms with E-state index in [0.29, 0.717) is 30.4 Å². The summed E-state index contributed by atoms with van der Waals surface area (Å²) in [5, 5.41) is 12.6. The third-order valence-electron chi connectivity index (χ3n) is 4.43. The number of aromatic nitrogens is 4. The number of ether oxygens (including phenoxy) is 1. The average molecular weight is 316 g/mol. The molecular weight excluding hydrogens is 296 g/mol. The molecule has 3 heterocycles. The Labute approximate surface area is 134 Å². The molecule has 8 nitrogen and oxygen atoms in total. The number of hydrogen-bond donors (Lipinski definition) is 0. The normalized spacial score (nSPS) is 18.1. The van der Waals surface area contributed by atoms with Gasteiger partial charge in [0.15, 0.2) is 11.6 Å². The van der Waals surface area contributed by atoms with Crippen LogP contribution in [0.1, 0.15) is 30.3 Å². The van der Waals surface area contributed by atoms with E-state index < -0.39 is 0 Å². The van der Waals surface area contributed by atoms with E-state index in [1.165, 1.54) is 12.8 Å². The molecule has 0 bridgehead atoms. The van der Waals surface area contributed by atoms with E-state index in [1.807, 2.05) is 11.9 Å². The molecule has 0 spiro atoms. The van der Waals surface area contributed by atoms with Crippen molar-refractivity contribution in [1.82, 2.24) is 20.3 Å². The molecule has 4 rings (SSSR count). The Kier molecular flexibility index (Phi) is 3.60. The van der Waals surface area contributed by atoms with Gasteiger partial charge in [0.1, 0.15) is 6.61 Å². The van der Waals surface area contributed by atoms with Gasteiger partial charge in [0.2, 0.25) is 0 Å². The summed E-state index contributed by atoms with van der Waals surface area (Å²) in [7, 11) is 3.58. The monoisotopic (exact) mass is 316 g/mol. The first-order valence-corrected chi connectivity index (χ1v) is 7.87. The highest BCUT2D eigenvalue weighted by atomic mass is 16.5. The first kappa shape index (κ1) is 14.4. The van der Waals surface area contributed by atoms with Crippen LogP contribution in [-0.2, 0) is 11.3 Å². The number of hydrogen-bond acceptors (Lipinski definition) is 8. The van der Waals surface area contributed by atoms with Gasteiger partial charge >= 0.3 is 6.01 Å². The number of anilines is 2. The zero-order valence-corrected chi connectivity index (χ0v) is 13.3. The van der Waals surface area contributed by atoms with Gasteiger partial charge in [-0.15, -0.1) is 5.10 Å². The van der Waals surface area contributed by atoms with Crippen molar-refractivity contribution in [2.45, 2.75) is 31.4 Å². The second-order valence-electron chi connectivity index (χ2n) is 6.19. The molecular formula is C15H20N6O2. The third kappa shape index (κ3) is 2.86. The second kappa shape index (κ2) is 5.77. The molecule has 2 aromatic rings. The van der Waals surface area contributed by atoms with Gasteiger partial charge in [-0.25, -0.2) is 0 Å². The number of rotatable bonds is 6. The molecule has 1 aliphatic carbocycles. The molecule has 0 unspecified atom stereocenters. The lowest BCUT2D eigenvalue weighted by molar-refractivity contribution is 0.174.